The first-order chi connectivity index (χ1) is 10.4. The molecule has 0 radical (unpaired) electrons. The summed E-state index contributed by atoms with van der Waals surface area (Å²) in [5.41, 5.74) is 0. The molecule has 3 aliphatic rings. The molecule has 0 fully saturated rings. The molecule has 0 saturated heterocycles. The van der Waals surface area contributed by atoms with Crippen LogP contribution < -0.4 is 0 Å². The van der Waals surface area contributed by atoms with E-state index in [1.165, 1.54) is 0 Å². The first kappa shape index (κ1) is 13.9. The zero-order chi connectivity index (χ0) is 16.0. The smallest absolute Gasteiger partial charge is 0.261 e. The molecule has 0 amide bonds. The number of hydrogen-bond acceptors (Lipinski definition) is 16. The molecule has 0 atom stereocenters. The highest BCUT2D eigenvalue weighted by atomic mass is 16.8. The van der Waals surface area contributed by atoms with Crippen LogP contribution in [-0.4, -0.2) is 87.6 Å². The summed E-state index contributed by atoms with van der Waals surface area (Å²) in [7, 11) is 0. The quantitative estimate of drug-likeness (QED) is 0.263. The molecule has 0 spiro atoms. The second kappa shape index (κ2) is 4.77. The fourth-order valence-corrected chi connectivity index (χ4v) is 1.52. The Kier molecular flexibility index (Phi) is 3.02. The highest BCUT2D eigenvalue weighted by molar-refractivity contribution is 6.29. The Labute approximate surface area is 118 Å². The van der Waals surface area contributed by atoms with E-state index < -0.39 is 33.6 Å². The summed E-state index contributed by atoms with van der Waals surface area (Å²) >= 11 is 0. The number of nitrogens with zero attached hydrogens (tertiary/aromatic N) is 10. The Morgan fingerprint density at radius 1 is 0.500 bits per heavy atom. The van der Waals surface area contributed by atoms with E-state index in [1.807, 2.05) is 0 Å². The van der Waals surface area contributed by atoms with Gasteiger partial charge in [0.15, 0.2) is 0 Å². The summed E-state index contributed by atoms with van der Waals surface area (Å²) in [6, 6.07) is 0. The summed E-state index contributed by atoms with van der Waals surface area (Å²) in [4.78, 5) is 22.6. The summed E-state index contributed by atoms with van der Waals surface area (Å²) in [6.45, 7) is 0. The highest BCUT2D eigenvalue weighted by Crippen LogP contribution is 2.18. The fraction of sp³-hybridized carbons (Fsp3) is 0. The number of rotatable bonds is 0. The summed E-state index contributed by atoms with van der Waals surface area (Å²) in [5, 5.41) is 52.5. The lowest BCUT2D eigenvalue weighted by Crippen LogP contribution is -2.51. The van der Waals surface area contributed by atoms with Crippen LogP contribution in [0.4, 0.5) is 0 Å². The van der Waals surface area contributed by atoms with Gasteiger partial charge in [0, 0.05) is 0 Å². The number of guanidine groups is 6. The Bertz CT molecular complexity index is 606. The van der Waals surface area contributed by atoms with Crippen LogP contribution in [0, 0.1) is 0 Å². The van der Waals surface area contributed by atoms with Crippen LogP contribution in [0.1, 0.15) is 0 Å². The first-order valence-electron chi connectivity index (χ1n) is 5.22. The van der Waals surface area contributed by atoms with E-state index in [4.69, 9.17) is 31.2 Å². The van der Waals surface area contributed by atoms with Crippen molar-refractivity contribution in [2.75, 3.05) is 0 Å². The van der Waals surface area contributed by atoms with Gasteiger partial charge in [-0.25, -0.2) is 4.90 Å². The van der Waals surface area contributed by atoms with Gasteiger partial charge in [-0.15, -0.1) is 0 Å². The van der Waals surface area contributed by atoms with Gasteiger partial charge in [0.2, 0.25) is 17.9 Å². The van der Waals surface area contributed by atoms with Crippen molar-refractivity contribution in [2.45, 2.75) is 0 Å². The van der Waals surface area contributed by atoms with Crippen molar-refractivity contribution in [1.29, 1.82) is 0 Å². The fourth-order valence-electron chi connectivity index (χ4n) is 1.52. The van der Waals surface area contributed by atoms with Crippen molar-refractivity contribution in [1.82, 2.24) is 20.6 Å². The molecule has 116 valence electrons. The molecule has 16 heteroatoms. The Hall–Kier alpha value is -3.02. The molecule has 0 aromatic heterocycles. The zero-order valence-corrected chi connectivity index (χ0v) is 10.2. The third kappa shape index (κ3) is 2.14. The number of hydrogen-bond donors (Lipinski definition) is 6. The Morgan fingerprint density at radius 2 is 0.773 bits per heavy atom. The predicted molar refractivity (Wildman–Crippen MR) is 62.7 cm³/mol. The third-order valence-corrected chi connectivity index (χ3v) is 2.34. The summed E-state index contributed by atoms with van der Waals surface area (Å²) in [5.74, 6) is -3.05. The maximum atomic E-state index is 8.96. The molecule has 0 aromatic rings. The van der Waals surface area contributed by atoms with E-state index in [0.717, 1.165) is 4.90 Å². The van der Waals surface area contributed by atoms with Crippen LogP contribution in [0.3, 0.4) is 0 Å². The van der Waals surface area contributed by atoms with Gasteiger partial charge < -0.3 is 0 Å². The molecule has 22 heavy (non-hydrogen) atoms. The van der Waals surface area contributed by atoms with E-state index in [-0.39, 0.29) is 17.9 Å². The van der Waals surface area contributed by atoms with E-state index >= 15 is 0 Å². The molecular weight excluding hydrogens is 308 g/mol. The van der Waals surface area contributed by atoms with Crippen LogP contribution in [-0.2, 0) is 0 Å². The second-order valence-electron chi connectivity index (χ2n) is 3.67. The van der Waals surface area contributed by atoms with E-state index in [1.54, 1.807) is 0 Å². The second-order valence-corrected chi connectivity index (χ2v) is 3.67. The molecule has 0 bridgehead atoms. The van der Waals surface area contributed by atoms with Gasteiger partial charge in [-0.05, 0) is 0 Å². The van der Waals surface area contributed by atoms with Crippen LogP contribution in [0.2, 0.25) is 0 Å². The lowest BCUT2D eigenvalue weighted by molar-refractivity contribution is -0.245. The average molecular weight is 314 g/mol. The SMILES string of the molecule is ON(O)C1=NC2=NC(N(O)O)=NC3=NC(N(O)O)=NC(=N1)N23. The topological polar surface area (TPSA) is 208 Å². The van der Waals surface area contributed by atoms with Crippen LogP contribution in [0.15, 0.2) is 30.0 Å². The largest absolute Gasteiger partial charge is 0.284 e. The third-order valence-electron chi connectivity index (χ3n) is 2.34. The van der Waals surface area contributed by atoms with Crippen molar-refractivity contribution in [3.8, 4) is 0 Å². The summed E-state index contributed by atoms with van der Waals surface area (Å²) < 4.78 is 0. The van der Waals surface area contributed by atoms with Gasteiger partial charge in [0.1, 0.15) is 0 Å². The van der Waals surface area contributed by atoms with E-state index in [0.29, 0.717) is 0 Å². The van der Waals surface area contributed by atoms with Gasteiger partial charge in [0.05, 0.1) is 0 Å². The van der Waals surface area contributed by atoms with Gasteiger partial charge in [0.25, 0.3) is 17.9 Å². The monoisotopic (exact) mass is 314 g/mol. The molecular formula is C6H6N10O6. The highest BCUT2D eigenvalue weighted by Gasteiger charge is 2.37. The van der Waals surface area contributed by atoms with Crippen molar-refractivity contribution >= 4 is 35.8 Å². The van der Waals surface area contributed by atoms with Gasteiger partial charge in [-0.2, -0.15) is 30.0 Å². The van der Waals surface area contributed by atoms with Crippen molar-refractivity contribution in [3.63, 3.8) is 0 Å². The molecule has 3 heterocycles. The number of aliphatic imine (C=N–C) groups is 6. The predicted octanol–water partition coefficient (Wildman–Crippen LogP) is -2.29. The van der Waals surface area contributed by atoms with E-state index in [9.17, 15) is 0 Å². The normalized spacial score (nSPS) is 19.1. The van der Waals surface area contributed by atoms with Gasteiger partial charge in [-0.3, -0.25) is 31.2 Å². The minimum Gasteiger partial charge on any atom is -0.261 e. The first-order valence-corrected chi connectivity index (χ1v) is 5.22. The molecule has 3 rings (SSSR count). The van der Waals surface area contributed by atoms with Crippen LogP contribution in [0.5, 0.6) is 0 Å². The maximum Gasteiger partial charge on any atom is 0.284 e. The number of hydroxylamine groups is 6. The Balaban J connectivity index is 2.17. The lowest BCUT2D eigenvalue weighted by Gasteiger charge is -2.30. The van der Waals surface area contributed by atoms with Gasteiger partial charge in [-0.1, -0.05) is 15.7 Å². The van der Waals surface area contributed by atoms with E-state index in [2.05, 4.69) is 30.0 Å². The minimum atomic E-state index is -0.680. The molecule has 0 aromatic carbocycles. The minimum absolute atomic E-state index is 0.338. The van der Waals surface area contributed by atoms with Crippen LogP contribution >= 0.6 is 0 Å². The van der Waals surface area contributed by atoms with Crippen LogP contribution in [0.25, 0.3) is 0 Å². The molecule has 6 N–H and O–H groups in total. The maximum absolute atomic E-state index is 8.96. The molecule has 0 unspecified atom stereocenters. The van der Waals surface area contributed by atoms with Crippen molar-refractivity contribution in [2.24, 2.45) is 30.0 Å². The Morgan fingerprint density at radius 3 is 1.00 bits per heavy atom. The average Bonchev–Trinajstić information content (AvgIpc) is 2.46. The summed E-state index contributed by atoms with van der Waals surface area (Å²) in [6.07, 6.45) is 0. The molecule has 16 nitrogen and oxygen atoms in total. The molecule has 0 saturated carbocycles. The molecule has 3 aliphatic heterocycles. The van der Waals surface area contributed by atoms with Crippen molar-refractivity contribution < 1.29 is 31.2 Å². The standard InChI is InChI=1S/C6H6N10O6/c17-14(18)4-7-1-8-5(15(19)20)10-3-12-6(16(21)22)11-2(9-4)13(1)3/h17-22H. The molecule has 0 aliphatic carbocycles. The zero-order valence-electron chi connectivity index (χ0n) is 10.2. The van der Waals surface area contributed by atoms with Gasteiger partial charge >= 0.3 is 0 Å². The van der Waals surface area contributed by atoms with Crippen molar-refractivity contribution in [3.05, 3.63) is 0 Å². The lowest BCUT2D eigenvalue weighted by atomic mass is 10.5.